The molecule has 2 aromatic carbocycles. The van der Waals surface area contributed by atoms with Crippen LogP contribution in [0.3, 0.4) is 0 Å². The van der Waals surface area contributed by atoms with Crippen molar-refractivity contribution in [1.82, 2.24) is 0 Å². The molecule has 2 rings (SSSR count). The van der Waals surface area contributed by atoms with E-state index in [0.717, 1.165) is 0 Å². The molecule has 0 fully saturated rings. The van der Waals surface area contributed by atoms with Crippen molar-refractivity contribution in [1.29, 1.82) is 0 Å². The van der Waals surface area contributed by atoms with Crippen molar-refractivity contribution in [3.63, 3.8) is 0 Å². The van der Waals surface area contributed by atoms with Gasteiger partial charge in [0.25, 0.3) is 5.91 Å². The first-order valence-corrected chi connectivity index (χ1v) is 5.55. The highest BCUT2D eigenvalue weighted by molar-refractivity contribution is 6.04. The molecule has 0 saturated carbocycles. The molecule has 0 aromatic heterocycles. The van der Waals surface area contributed by atoms with E-state index < -0.39 is 5.82 Å². The highest BCUT2D eigenvalue weighted by Crippen LogP contribution is 2.16. The Kier molecular flexibility index (Phi) is 3.69. The molecule has 0 spiro atoms. The van der Waals surface area contributed by atoms with Crippen LogP contribution >= 0.6 is 0 Å². The van der Waals surface area contributed by atoms with Gasteiger partial charge in [-0.25, -0.2) is 4.39 Å². The summed E-state index contributed by atoms with van der Waals surface area (Å²) in [6.45, 7) is 0.268. The molecule has 3 nitrogen and oxygen atoms in total. The minimum absolute atomic E-state index is 0.154. The number of carbonyl (C=O) groups excluding carboxylic acids is 1. The molecule has 0 heterocycles. The van der Waals surface area contributed by atoms with Gasteiger partial charge < -0.3 is 11.1 Å². The van der Waals surface area contributed by atoms with Gasteiger partial charge in [-0.3, -0.25) is 4.79 Å². The molecule has 3 N–H and O–H groups in total. The lowest BCUT2D eigenvalue weighted by Crippen LogP contribution is -2.13. The van der Waals surface area contributed by atoms with Crippen LogP contribution in [-0.4, -0.2) is 5.91 Å². The van der Waals surface area contributed by atoms with E-state index in [1.165, 1.54) is 12.1 Å². The van der Waals surface area contributed by atoms with Crippen LogP contribution in [-0.2, 0) is 6.54 Å². The fourth-order valence-electron chi connectivity index (χ4n) is 1.57. The first kappa shape index (κ1) is 12.3. The van der Waals surface area contributed by atoms with E-state index in [4.69, 9.17) is 5.73 Å². The van der Waals surface area contributed by atoms with Gasteiger partial charge in [0.05, 0.1) is 5.69 Å². The molecule has 0 unspecified atom stereocenters. The first-order valence-electron chi connectivity index (χ1n) is 5.55. The van der Waals surface area contributed by atoms with Gasteiger partial charge in [0, 0.05) is 12.1 Å². The number of amides is 1. The minimum atomic E-state index is -0.484. The molecule has 2 aromatic rings. The average molecular weight is 244 g/mol. The number of rotatable bonds is 3. The third-order valence-electron chi connectivity index (χ3n) is 2.55. The van der Waals surface area contributed by atoms with Crippen molar-refractivity contribution in [2.24, 2.45) is 5.73 Å². The number of benzene rings is 2. The third-order valence-corrected chi connectivity index (χ3v) is 2.55. The van der Waals surface area contributed by atoms with E-state index in [1.54, 1.807) is 30.3 Å². The van der Waals surface area contributed by atoms with Crippen LogP contribution in [0.2, 0.25) is 0 Å². The average Bonchev–Trinajstić information content (AvgIpc) is 2.42. The largest absolute Gasteiger partial charge is 0.326 e. The zero-order valence-corrected chi connectivity index (χ0v) is 9.69. The van der Waals surface area contributed by atoms with Gasteiger partial charge in [0.1, 0.15) is 5.82 Å². The SMILES string of the molecule is NCc1ccc(NC(=O)c2ccccc2)c(F)c1. The predicted octanol–water partition coefficient (Wildman–Crippen LogP) is 2.54. The normalized spacial score (nSPS) is 10.1. The number of nitrogens with one attached hydrogen (secondary N) is 1. The predicted molar refractivity (Wildman–Crippen MR) is 68.7 cm³/mol. The first-order chi connectivity index (χ1) is 8.70. The summed E-state index contributed by atoms with van der Waals surface area (Å²) in [4.78, 5) is 11.8. The molecule has 0 bridgehead atoms. The Hall–Kier alpha value is -2.20. The van der Waals surface area contributed by atoms with Gasteiger partial charge in [-0.2, -0.15) is 0 Å². The lowest BCUT2D eigenvalue weighted by Gasteiger charge is -2.07. The fourth-order valence-corrected chi connectivity index (χ4v) is 1.57. The van der Waals surface area contributed by atoms with Crippen molar-refractivity contribution in [3.05, 3.63) is 65.5 Å². The molecule has 1 amide bonds. The van der Waals surface area contributed by atoms with Crippen LogP contribution in [0.1, 0.15) is 15.9 Å². The summed E-state index contributed by atoms with van der Waals surface area (Å²) < 4.78 is 13.6. The van der Waals surface area contributed by atoms with Crippen LogP contribution in [0, 0.1) is 5.82 Å². The second-order valence-corrected chi connectivity index (χ2v) is 3.84. The van der Waals surface area contributed by atoms with Crippen molar-refractivity contribution in [2.45, 2.75) is 6.54 Å². The molecule has 0 atom stereocenters. The minimum Gasteiger partial charge on any atom is -0.326 e. The Morgan fingerprint density at radius 2 is 1.89 bits per heavy atom. The van der Waals surface area contributed by atoms with Crippen LogP contribution in [0.25, 0.3) is 0 Å². The number of hydrogen-bond donors (Lipinski definition) is 2. The zero-order valence-electron chi connectivity index (χ0n) is 9.69. The van der Waals surface area contributed by atoms with E-state index in [2.05, 4.69) is 5.32 Å². The summed E-state index contributed by atoms with van der Waals surface area (Å²) in [6.07, 6.45) is 0. The van der Waals surface area contributed by atoms with E-state index in [-0.39, 0.29) is 18.1 Å². The van der Waals surface area contributed by atoms with Crippen molar-refractivity contribution < 1.29 is 9.18 Å². The maximum absolute atomic E-state index is 13.6. The molecular weight excluding hydrogens is 231 g/mol. The number of hydrogen-bond acceptors (Lipinski definition) is 2. The van der Waals surface area contributed by atoms with Crippen molar-refractivity contribution in [3.8, 4) is 0 Å². The maximum Gasteiger partial charge on any atom is 0.255 e. The van der Waals surface area contributed by atoms with E-state index >= 15 is 0 Å². The Morgan fingerprint density at radius 1 is 1.17 bits per heavy atom. The Labute approximate surface area is 104 Å². The molecule has 92 valence electrons. The van der Waals surface area contributed by atoms with Gasteiger partial charge in [0.15, 0.2) is 0 Å². The Balaban J connectivity index is 2.17. The van der Waals surface area contributed by atoms with Crippen LogP contribution in [0.5, 0.6) is 0 Å². The third kappa shape index (κ3) is 2.73. The molecular formula is C14H13FN2O. The van der Waals surface area contributed by atoms with Crippen LogP contribution < -0.4 is 11.1 Å². The zero-order chi connectivity index (χ0) is 13.0. The Morgan fingerprint density at radius 3 is 2.50 bits per heavy atom. The number of halogens is 1. The molecule has 0 radical (unpaired) electrons. The van der Waals surface area contributed by atoms with Gasteiger partial charge in [-0.15, -0.1) is 0 Å². The topological polar surface area (TPSA) is 55.1 Å². The van der Waals surface area contributed by atoms with Crippen LogP contribution in [0.4, 0.5) is 10.1 Å². The molecule has 18 heavy (non-hydrogen) atoms. The molecule has 0 aliphatic carbocycles. The summed E-state index contributed by atoms with van der Waals surface area (Å²) in [5.74, 6) is -0.822. The van der Waals surface area contributed by atoms with Gasteiger partial charge >= 0.3 is 0 Å². The summed E-state index contributed by atoms with van der Waals surface area (Å²) >= 11 is 0. The maximum atomic E-state index is 13.6. The highest BCUT2D eigenvalue weighted by atomic mass is 19.1. The smallest absolute Gasteiger partial charge is 0.255 e. The fraction of sp³-hybridized carbons (Fsp3) is 0.0714. The monoisotopic (exact) mass is 244 g/mol. The molecule has 0 saturated heterocycles. The van der Waals surface area contributed by atoms with E-state index in [1.807, 2.05) is 6.07 Å². The number of carbonyl (C=O) groups is 1. The van der Waals surface area contributed by atoms with Gasteiger partial charge in [-0.1, -0.05) is 24.3 Å². The lowest BCUT2D eigenvalue weighted by atomic mass is 10.1. The van der Waals surface area contributed by atoms with Crippen molar-refractivity contribution in [2.75, 3.05) is 5.32 Å². The van der Waals surface area contributed by atoms with Crippen molar-refractivity contribution >= 4 is 11.6 Å². The Bertz CT molecular complexity index is 555. The summed E-state index contributed by atoms with van der Waals surface area (Å²) in [6, 6.07) is 13.2. The van der Waals surface area contributed by atoms with E-state index in [0.29, 0.717) is 11.1 Å². The lowest BCUT2D eigenvalue weighted by molar-refractivity contribution is 0.102. The summed E-state index contributed by atoms with van der Waals surface area (Å²) in [5, 5.41) is 2.52. The highest BCUT2D eigenvalue weighted by Gasteiger charge is 2.08. The van der Waals surface area contributed by atoms with E-state index in [9.17, 15) is 9.18 Å². The number of nitrogens with two attached hydrogens (primary N) is 1. The second kappa shape index (κ2) is 5.42. The molecule has 0 aliphatic rings. The standard InChI is InChI=1S/C14H13FN2O/c15-12-8-10(9-16)6-7-13(12)17-14(18)11-4-2-1-3-5-11/h1-8H,9,16H2,(H,17,18). The second-order valence-electron chi connectivity index (χ2n) is 3.84. The summed E-state index contributed by atoms with van der Waals surface area (Å²) in [7, 11) is 0. The van der Waals surface area contributed by atoms with Gasteiger partial charge in [0.2, 0.25) is 0 Å². The summed E-state index contributed by atoms with van der Waals surface area (Å²) in [5.41, 5.74) is 6.73. The number of anilines is 1. The van der Waals surface area contributed by atoms with Crippen LogP contribution in [0.15, 0.2) is 48.5 Å². The molecule has 4 heteroatoms. The molecule has 0 aliphatic heterocycles. The van der Waals surface area contributed by atoms with Gasteiger partial charge in [-0.05, 0) is 29.8 Å². The quantitative estimate of drug-likeness (QED) is 0.871.